The molecule has 0 aromatic heterocycles. The molecule has 0 aliphatic heterocycles. The summed E-state index contributed by atoms with van der Waals surface area (Å²) in [5.74, 6) is 2.83. The second-order valence-corrected chi connectivity index (χ2v) is 8.38. The lowest BCUT2D eigenvalue weighted by Gasteiger charge is -2.56. The first kappa shape index (κ1) is 16.1. The quantitative estimate of drug-likeness (QED) is 0.674. The van der Waals surface area contributed by atoms with E-state index in [1.807, 2.05) is 7.11 Å². The zero-order valence-electron chi connectivity index (χ0n) is 15.8. The van der Waals surface area contributed by atoms with Crippen molar-refractivity contribution in [3.05, 3.63) is 34.4 Å². The normalized spacial score (nSPS) is 34.5. The molecule has 0 saturated heterocycles. The van der Waals surface area contributed by atoms with Gasteiger partial charge in [0.15, 0.2) is 0 Å². The minimum atomic E-state index is 0.155. The molecule has 1 spiro atoms. The molecule has 2 heteroatoms. The Balaban J connectivity index is 2.08. The Hall–Kier alpha value is -1.44. The van der Waals surface area contributed by atoms with Gasteiger partial charge in [-0.1, -0.05) is 25.0 Å². The number of hydrogen-bond donors (Lipinski definition) is 0. The molecule has 1 aromatic carbocycles. The highest BCUT2D eigenvalue weighted by Gasteiger charge is 2.63. The van der Waals surface area contributed by atoms with E-state index < -0.39 is 0 Å². The van der Waals surface area contributed by atoms with Gasteiger partial charge in [-0.3, -0.25) is 0 Å². The first-order valence-electron chi connectivity index (χ1n) is 9.43. The van der Waals surface area contributed by atoms with Crippen molar-refractivity contribution in [1.82, 2.24) is 0 Å². The van der Waals surface area contributed by atoms with E-state index in [0.29, 0.717) is 5.92 Å². The lowest BCUT2D eigenvalue weighted by atomic mass is 9.47. The first-order valence-corrected chi connectivity index (χ1v) is 9.43. The zero-order chi connectivity index (χ0) is 17.1. The SMILES string of the molecule is COc1ccc(OC)c2c1C[C@@]1(C)[C@H](C)CCC3=C(C)CCC[C@]321. The summed E-state index contributed by atoms with van der Waals surface area (Å²) < 4.78 is 11.7. The van der Waals surface area contributed by atoms with Gasteiger partial charge in [0.1, 0.15) is 11.5 Å². The van der Waals surface area contributed by atoms with E-state index in [2.05, 4.69) is 32.9 Å². The predicted octanol–water partition coefficient (Wildman–Crippen LogP) is 5.43. The Morgan fingerprint density at radius 3 is 2.50 bits per heavy atom. The molecule has 0 bridgehead atoms. The smallest absolute Gasteiger partial charge is 0.123 e. The van der Waals surface area contributed by atoms with Crippen molar-refractivity contribution >= 4 is 0 Å². The van der Waals surface area contributed by atoms with Gasteiger partial charge in [-0.25, -0.2) is 0 Å². The number of hydrogen-bond acceptors (Lipinski definition) is 2. The van der Waals surface area contributed by atoms with Gasteiger partial charge in [0.25, 0.3) is 0 Å². The van der Waals surface area contributed by atoms with Crippen molar-refractivity contribution in [2.24, 2.45) is 11.3 Å². The number of fused-ring (bicyclic) bond motifs is 1. The van der Waals surface area contributed by atoms with E-state index in [9.17, 15) is 0 Å². The van der Waals surface area contributed by atoms with E-state index in [-0.39, 0.29) is 10.8 Å². The van der Waals surface area contributed by atoms with Crippen molar-refractivity contribution in [3.8, 4) is 11.5 Å². The van der Waals surface area contributed by atoms with Crippen LogP contribution < -0.4 is 9.47 Å². The maximum absolute atomic E-state index is 5.89. The minimum Gasteiger partial charge on any atom is -0.496 e. The molecule has 0 radical (unpaired) electrons. The van der Waals surface area contributed by atoms with Gasteiger partial charge >= 0.3 is 0 Å². The predicted molar refractivity (Wildman–Crippen MR) is 98.0 cm³/mol. The second kappa shape index (κ2) is 5.28. The summed E-state index contributed by atoms with van der Waals surface area (Å²) in [5.41, 5.74) is 6.64. The fraction of sp³-hybridized carbons (Fsp3) is 0.636. The summed E-state index contributed by atoms with van der Waals surface area (Å²) in [6, 6.07) is 4.22. The zero-order valence-corrected chi connectivity index (χ0v) is 15.8. The van der Waals surface area contributed by atoms with Gasteiger partial charge in [-0.15, -0.1) is 0 Å². The summed E-state index contributed by atoms with van der Waals surface area (Å²) in [4.78, 5) is 0. The maximum atomic E-state index is 5.89. The van der Waals surface area contributed by atoms with E-state index in [1.54, 1.807) is 18.3 Å². The number of methoxy groups -OCH3 is 2. The van der Waals surface area contributed by atoms with Gasteiger partial charge in [-0.05, 0) is 68.9 Å². The number of rotatable bonds is 2. The highest BCUT2D eigenvalue weighted by Crippen LogP contribution is 2.69. The molecule has 3 atom stereocenters. The van der Waals surface area contributed by atoms with Crippen LogP contribution in [-0.2, 0) is 11.8 Å². The summed E-state index contributed by atoms with van der Waals surface area (Å²) in [6.45, 7) is 7.37. The van der Waals surface area contributed by atoms with Crippen LogP contribution >= 0.6 is 0 Å². The van der Waals surface area contributed by atoms with Crippen molar-refractivity contribution < 1.29 is 9.47 Å². The Bertz CT molecular complexity index is 717. The fourth-order valence-corrected chi connectivity index (χ4v) is 6.31. The molecular formula is C22H30O2. The Morgan fingerprint density at radius 2 is 1.79 bits per heavy atom. The highest BCUT2D eigenvalue weighted by atomic mass is 16.5. The van der Waals surface area contributed by atoms with Gasteiger partial charge in [0.05, 0.1) is 14.2 Å². The van der Waals surface area contributed by atoms with Crippen molar-refractivity contribution in [2.45, 2.75) is 64.7 Å². The van der Waals surface area contributed by atoms with Crippen molar-refractivity contribution in [1.29, 1.82) is 0 Å². The molecule has 24 heavy (non-hydrogen) atoms. The Kier molecular flexibility index (Phi) is 3.53. The van der Waals surface area contributed by atoms with Crippen LogP contribution in [0, 0.1) is 11.3 Å². The Labute approximate surface area is 146 Å². The monoisotopic (exact) mass is 326 g/mol. The van der Waals surface area contributed by atoms with Crippen LogP contribution in [0.5, 0.6) is 11.5 Å². The average Bonchev–Trinajstić information content (AvgIpc) is 2.85. The average molecular weight is 326 g/mol. The van der Waals surface area contributed by atoms with Crippen LogP contribution in [0.1, 0.15) is 64.0 Å². The maximum Gasteiger partial charge on any atom is 0.123 e. The summed E-state index contributed by atoms with van der Waals surface area (Å²) >= 11 is 0. The van der Waals surface area contributed by atoms with E-state index >= 15 is 0 Å². The molecule has 1 fully saturated rings. The lowest BCUT2D eigenvalue weighted by Crippen LogP contribution is -2.51. The molecule has 0 unspecified atom stereocenters. The minimum absolute atomic E-state index is 0.155. The first-order chi connectivity index (χ1) is 11.5. The van der Waals surface area contributed by atoms with Crippen LogP contribution in [-0.4, -0.2) is 14.2 Å². The molecule has 1 aromatic rings. The van der Waals surface area contributed by atoms with Gasteiger partial charge in [0.2, 0.25) is 0 Å². The third kappa shape index (κ3) is 1.72. The molecule has 4 rings (SSSR count). The summed E-state index contributed by atoms with van der Waals surface area (Å²) in [6.07, 6.45) is 7.49. The topological polar surface area (TPSA) is 18.5 Å². The molecule has 3 aliphatic carbocycles. The van der Waals surface area contributed by atoms with E-state index in [0.717, 1.165) is 17.9 Å². The molecule has 1 saturated carbocycles. The third-order valence-corrected chi connectivity index (χ3v) is 7.67. The highest BCUT2D eigenvalue weighted by molar-refractivity contribution is 5.63. The molecule has 0 heterocycles. The van der Waals surface area contributed by atoms with Gasteiger partial charge in [-0.2, -0.15) is 0 Å². The summed E-state index contributed by atoms with van der Waals surface area (Å²) in [7, 11) is 3.62. The second-order valence-electron chi connectivity index (χ2n) is 8.38. The number of benzene rings is 1. The van der Waals surface area contributed by atoms with E-state index in [1.165, 1.54) is 43.2 Å². The van der Waals surface area contributed by atoms with Crippen LogP contribution in [0.15, 0.2) is 23.3 Å². The molecule has 0 N–H and O–H groups in total. The molecule has 3 aliphatic rings. The van der Waals surface area contributed by atoms with Gasteiger partial charge < -0.3 is 9.47 Å². The van der Waals surface area contributed by atoms with Crippen molar-refractivity contribution in [3.63, 3.8) is 0 Å². The number of ether oxygens (including phenoxy) is 2. The standard InChI is InChI=1S/C22H30O2/c1-14-7-6-12-22-17(14)9-8-15(2)21(22,3)13-16-18(23-4)10-11-19(24-5)20(16)22/h10-11,15H,6-9,12-13H2,1-5H3/t15-,21+,22+/m1/s1. The molecule has 0 amide bonds. The number of allylic oxidation sites excluding steroid dienone is 2. The van der Waals surface area contributed by atoms with Crippen molar-refractivity contribution in [2.75, 3.05) is 14.2 Å². The largest absolute Gasteiger partial charge is 0.496 e. The third-order valence-electron chi connectivity index (χ3n) is 7.67. The summed E-state index contributed by atoms with van der Waals surface area (Å²) in [5, 5.41) is 0. The van der Waals surface area contributed by atoms with E-state index in [4.69, 9.17) is 9.47 Å². The van der Waals surface area contributed by atoms with Crippen LogP contribution in [0.4, 0.5) is 0 Å². The lowest BCUT2D eigenvalue weighted by molar-refractivity contribution is 0.0603. The van der Waals surface area contributed by atoms with Gasteiger partial charge in [0, 0.05) is 16.5 Å². The molecular weight excluding hydrogens is 296 g/mol. The Morgan fingerprint density at radius 1 is 1.08 bits per heavy atom. The van der Waals surface area contributed by atoms with Crippen LogP contribution in [0.3, 0.4) is 0 Å². The molecule has 2 nitrogen and oxygen atoms in total. The molecule has 130 valence electrons. The fourth-order valence-electron chi connectivity index (χ4n) is 6.31. The van der Waals surface area contributed by atoms with Crippen LogP contribution in [0.25, 0.3) is 0 Å². The van der Waals surface area contributed by atoms with Crippen LogP contribution in [0.2, 0.25) is 0 Å².